The number of benzene rings is 1. The Morgan fingerprint density at radius 1 is 1.32 bits per heavy atom. The summed E-state index contributed by atoms with van der Waals surface area (Å²) in [5, 5.41) is 19.1. The quantitative estimate of drug-likeness (QED) is 0.472. The summed E-state index contributed by atoms with van der Waals surface area (Å²) >= 11 is 0. The summed E-state index contributed by atoms with van der Waals surface area (Å²) in [6.45, 7) is 3.86. The lowest BCUT2D eigenvalue weighted by Gasteiger charge is -2.03. The second kappa shape index (κ2) is 8.71. The Balaban J connectivity index is 1.75. The first kappa shape index (κ1) is 19.0. The third-order valence-corrected chi connectivity index (χ3v) is 3.79. The standard InChI is InChI=1S/C18H20N8O2/c1-3-7-14-15(21-25-26(14)17-16(19)23-28-24-17)18(27)22-20-11-12(2)10-13-8-5-4-6-9-13/h4-6,8-11H,3,7H2,1-2H3,(H2,19,23)(H,22,27)/b12-10+,20-11+. The average Bonchev–Trinajstić information content (AvgIpc) is 3.28. The Kier molecular flexibility index (Phi) is 5.90. The molecule has 10 nitrogen and oxygen atoms in total. The van der Waals surface area contributed by atoms with Gasteiger partial charge in [-0.3, -0.25) is 4.79 Å². The molecule has 2 heterocycles. The van der Waals surface area contributed by atoms with E-state index in [0.29, 0.717) is 12.1 Å². The average molecular weight is 380 g/mol. The Labute approximate surface area is 161 Å². The number of hydrogen-bond donors (Lipinski definition) is 2. The van der Waals surface area contributed by atoms with Crippen LogP contribution >= 0.6 is 0 Å². The number of aromatic nitrogens is 5. The first-order valence-corrected chi connectivity index (χ1v) is 8.70. The first-order valence-electron chi connectivity index (χ1n) is 8.70. The van der Waals surface area contributed by atoms with Crippen LogP contribution in [0.25, 0.3) is 11.9 Å². The van der Waals surface area contributed by atoms with Gasteiger partial charge in [-0.05, 0) is 34.8 Å². The molecule has 0 aliphatic heterocycles. The summed E-state index contributed by atoms with van der Waals surface area (Å²) in [6, 6.07) is 9.82. The second-order valence-corrected chi connectivity index (χ2v) is 6.02. The van der Waals surface area contributed by atoms with Gasteiger partial charge in [0.1, 0.15) is 0 Å². The minimum absolute atomic E-state index is 0.0638. The lowest BCUT2D eigenvalue weighted by molar-refractivity contribution is 0.0949. The SMILES string of the molecule is CCCc1c(C(=O)N/N=C/C(C)=C/c2ccccc2)nnn1-c1nonc1N. The van der Waals surface area contributed by atoms with E-state index in [9.17, 15) is 4.79 Å². The molecule has 3 aromatic rings. The highest BCUT2D eigenvalue weighted by atomic mass is 16.6. The molecule has 3 rings (SSSR count). The lowest BCUT2D eigenvalue weighted by Crippen LogP contribution is -2.20. The molecular weight excluding hydrogens is 360 g/mol. The van der Waals surface area contributed by atoms with E-state index in [0.717, 1.165) is 17.6 Å². The van der Waals surface area contributed by atoms with E-state index in [1.807, 2.05) is 50.3 Å². The summed E-state index contributed by atoms with van der Waals surface area (Å²) < 4.78 is 5.95. The van der Waals surface area contributed by atoms with Crippen LogP contribution in [0.2, 0.25) is 0 Å². The normalized spacial score (nSPS) is 11.9. The van der Waals surface area contributed by atoms with Crippen molar-refractivity contribution in [3.63, 3.8) is 0 Å². The number of hydrogen-bond acceptors (Lipinski definition) is 8. The second-order valence-electron chi connectivity index (χ2n) is 6.02. The fourth-order valence-corrected chi connectivity index (χ4v) is 2.54. The van der Waals surface area contributed by atoms with Crippen molar-refractivity contribution in [3.05, 3.63) is 52.9 Å². The molecule has 144 valence electrons. The van der Waals surface area contributed by atoms with Crippen LogP contribution in [0.5, 0.6) is 0 Å². The van der Waals surface area contributed by atoms with Crippen molar-refractivity contribution in [3.8, 4) is 5.82 Å². The minimum atomic E-state index is -0.478. The molecule has 0 spiro atoms. The molecule has 0 aliphatic carbocycles. The molecule has 3 N–H and O–H groups in total. The molecule has 0 atom stereocenters. The Morgan fingerprint density at radius 2 is 2.11 bits per heavy atom. The van der Waals surface area contributed by atoms with Crippen molar-refractivity contribution in [2.45, 2.75) is 26.7 Å². The van der Waals surface area contributed by atoms with Gasteiger partial charge in [0.25, 0.3) is 5.91 Å². The van der Waals surface area contributed by atoms with Crippen LogP contribution in [0.3, 0.4) is 0 Å². The molecule has 0 radical (unpaired) electrons. The van der Waals surface area contributed by atoms with Crippen LogP contribution in [0.1, 0.15) is 42.0 Å². The predicted octanol–water partition coefficient (Wildman–Crippen LogP) is 2.00. The molecule has 0 saturated heterocycles. The van der Waals surface area contributed by atoms with Gasteiger partial charge in [-0.25, -0.2) is 10.1 Å². The van der Waals surface area contributed by atoms with Crippen molar-refractivity contribution < 1.29 is 9.42 Å². The van der Waals surface area contributed by atoms with Crippen molar-refractivity contribution in [2.24, 2.45) is 5.10 Å². The van der Waals surface area contributed by atoms with Crippen molar-refractivity contribution in [1.82, 2.24) is 30.7 Å². The van der Waals surface area contributed by atoms with E-state index in [4.69, 9.17) is 5.73 Å². The van der Waals surface area contributed by atoms with Gasteiger partial charge in [0.15, 0.2) is 5.69 Å². The zero-order valence-electron chi connectivity index (χ0n) is 15.5. The largest absolute Gasteiger partial charge is 0.378 e. The number of nitrogens with zero attached hydrogens (tertiary/aromatic N) is 6. The van der Waals surface area contributed by atoms with Gasteiger partial charge in [0, 0.05) is 0 Å². The molecule has 10 heteroatoms. The van der Waals surface area contributed by atoms with Gasteiger partial charge in [-0.2, -0.15) is 9.78 Å². The number of hydrazone groups is 1. The maximum Gasteiger partial charge on any atom is 0.293 e. The number of anilines is 1. The number of carbonyl (C=O) groups is 1. The molecule has 0 aliphatic rings. The van der Waals surface area contributed by atoms with E-state index >= 15 is 0 Å². The van der Waals surface area contributed by atoms with Gasteiger partial charge < -0.3 is 5.73 Å². The zero-order chi connectivity index (χ0) is 19.9. The molecule has 0 fully saturated rings. The van der Waals surface area contributed by atoms with Crippen molar-refractivity contribution in [1.29, 1.82) is 0 Å². The van der Waals surface area contributed by atoms with Gasteiger partial charge >= 0.3 is 0 Å². The van der Waals surface area contributed by atoms with Crippen LogP contribution in [0.15, 0.2) is 45.6 Å². The molecule has 0 bridgehead atoms. The van der Waals surface area contributed by atoms with Gasteiger partial charge in [0.05, 0.1) is 11.9 Å². The number of carbonyl (C=O) groups excluding carboxylic acids is 1. The predicted molar refractivity (Wildman–Crippen MR) is 104 cm³/mol. The molecule has 28 heavy (non-hydrogen) atoms. The number of amides is 1. The highest BCUT2D eigenvalue weighted by Crippen LogP contribution is 2.17. The zero-order valence-corrected chi connectivity index (χ0v) is 15.5. The van der Waals surface area contributed by atoms with Gasteiger partial charge in [-0.1, -0.05) is 55.0 Å². The highest BCUT2D eigenvalue weighted by Gasteiger charge is 2.23. The van der Waals surface area contributed by atoms with Crippen LogP contribution in [-0.4, -0.2) is 37.4 Å². The maximum atomic E-state index is 12.5. The van der Waals surface area contributed by atoms with Crippen LogP contribution in [-0.2, 0) is 6.42 Å². The molecule has 1 amide bonds. The molecule has 0 saturated carbocycles. The summed E-state index contributed by atoms with van der Waals surface area (Å²) in [6.07, 6.45) is 4.82. The van der Waals surface area contributed by atoms with Gasteiger partial charge in [-0.15, -0.1) is 5.10 Å². The van der Waals surface area contributed by atoms with E-state index in [-0.39, 0.29) is 17.3 Å². The molecule has 1 aromatic carbocycles. The smallest absolute Gasteiger partial charge is 0.293 e. The van der Waals surface area contributed by atoms with E-state index < -0.39 is 5.91 Å². The van der Waals surface area contributed by atoms with Crippen molar-refractivity contribution >= 4 is 24.0 Å². The Hall–Kier alpha value is -3.82. The molecule has 2 aromatic heterocycles. The van der Waals surface area contributed by atoms with Gasteiger partial charge in [0.2, 0.25) is 11.6 Å². The van der Waals surface area contributed by atoms with E-state index in [2.05, 4.69) is 35.8 Å². The number of nitrogens with one attached hydrogen (secondary N) is 1. The summed E-state index contributed by atoms with van der Waals surface area (Å²) in [5.41, 5.74) is 10.8. The monoisotopic (exact) mass is 380 g/mol. The van der Waals surface area contributed by atoms with E-state index in [1.165, 1.54) is 4.68 Å². The highest BCUT2D eigenvalue weighted by molar-refractivity contribution is 5.94. The third kappa shape index (κ3) is 4.29. The molecule has 0 unspecified atom stereocenters. The van der Waals surface area contributed by atoms with E-state index in [1.54, 1.807) is 6.21 Å². The summed E-state index contributed by atoms with van der Waals surface area (Å²) in [5.74, 6) is -0.220. The number of rotatable bonds is 7. The topological polar surface area (TPSA) is 137 Å². The third-order valence-electron chi connectivity index (χ3n) is 3.79. The Morgan fingerprint density at radius 3 is 2.79 bits per heavy atom. The van der Waals surface area contributed by atoms with Crippen LogP contribution < -0.4 is 11.2 Å². The lowest BCUT2D eigenvalue weighted by atomic mass is 10.1. The molecular formula is C18H20N8O2. The van der Waals surface area contributed by atoms with Crippen LogP contribution in [0, 0.1) is 0 Å². The number of nitrogen functional groups attached to an aromatic ring is 1. The Bertz CT molecular complexity index is 1000. The first-order chi connectivity index (χ1) is 13.6. The minimum Gasteiger partial charge on any atom is -0.378 e. The van der Waals surface area contributed by atoms with Crippen molar-refractivity contribution in [2.75, 3.05) is 5.73 Å². The van der Waals surface area contributed by atoms with Crippen LogP contribution in [0.4, 0.5) is 5.82 Å². The number of nitrogens with two attached hydrogens (primary N) is 1. The maximum absolute atomic E-state index is 12.5. The fourth-order valence-electron chi connectivity index (χ4n) is 2.54. The number of allylic oxidation sites excluding steroid dienone is 1. The summed E-state index contributed by atoms with van der Waals surface area (Å²) in [4.78, 5) is 12.5. The fraction of sp³-hybridized carbons (Fsp3) is 0.222. The summed E-state index contributed by atoms with van der Waals surface area (Å²) in [7, 11) is 0.